The SMILES string of the molecule is Cn1c([N+](=O)[O-])cnc1-c1nnc2ccc(C(=O)O)nn12. The van der Waals surface area contributed by atoms with Crippen LogP contribution in [0.1, 0.15) is 10.5 Å². The normalized spacial score (nSPS) is 10.9. The molecule has 11 nitrogen and oxygen atoms in total. The molecule has 0 aliphatic carbocycles. The fourth-order valence-electron chi connectivity index (χ4n) is 1.82. The first-order valence-electron chi connectivity index (χ1n) is 5.61. The van der Waals surface area contributed by atoms with Crippen molar-refractivity contribution in [1.29, 1.82) is 0 Å². The van der Waals surface area contributed by atoms with Gasteiger partial charge < -0.3 is 15.2 Å². The molecule has 11 heteroatoms. The molecular formula is C10H7N7O4. The second-order valence-corrected chi connectivity index (χ2v) is 4.07. The van der Waals surface area contributed by atoms with Crippen LogP contribution in [0.2, 0.25) is 0 Å². The average Bonchev–Trinajstić information content (AvgIpc) is 3.01. The Hall–Kier alpha value is -3.37. The maximum absolute atomic E-state index is 10.9. The zero-order chi connectivity index (χ0) is 15.1. The van der Waals surface area contributed by atoms with Crippen molar-refractivity contribution in [3.05, 3.63) is 34.1 Å². The lowest BCUT2D eigenvalue weighted by molar-refractivity contribution is -0.391. The lowest BCUT2D eigenvalue weighted by Crippen LogP contribution is -2.07. The first kappa shape index (κ1) is 12.7. The number of aromatic nitrogens is 6. The Labute approximate surface area is 115 Å². The quantitative estimate of drug-likeness (QED) is 0.529. The number of fused-ring (bicyclic) bond motifs is 1. The number of nitrogens with zero attached hydrogens (tertiary/aromatic N) is 7. The van der Waals surface area contributed by atoms with E-state index in [0.29, 0.717) is 5.65 Å². The van der Waals surface area contributed by atoms with Crippen LogP contribution in [0, 0.1) is 10.1 Å². The Bertz CT molecular complexity index is 881. The van der Waals surface area contributed by atoms with E-state index < -0.39 is 10.9 Å². The van der Waals surface area contributed by atoms with Gasteiger partial charge in [0.05, 0.1) is 7.05 Å². The van der Waals surface area contributed by atoms with Crippen LogP contribution in [0.4, 0.5) is 5.82 Å². The summed E-state index contributed by atoms with van der Waals surface area (Å²) < 4.78 is 2.39. The van der Waals surface area contributed by atoms with Crippen molar-refractivity contribution in [3.63, 3.8) is 0 Å². The molecule has 0 fully saturated rings. The zero-order valence-electron chi connectivity index (χ0n) is 10.5. The molecule has 0 aliphatic rings. The molecule has 21 heavy (non-hydrogen) atoms. The maximum atomic E-state index is 10.9. The lowest BCUT2D eigenvalue weighted by atomic mass is 10.4. The molecule has 106 valence electrons. The van der Waals surface area contributed by atoms with Crippen molar-refractivity contribution in [2.24, 2.45) is 7.05 Å². The minimum atomic E-state index is -1.21. The molecule has 1 N–H and O–H groups in total. The summed E-state index contributed by atoms with van der Waals surface area (Å²) in [6.07, 6.45) is 1.08. The largest absolute Gasteiger partial charge is 0.476 e. The highest BCUT2D eigenvalue weighted by molar-refractivity contribution is 5.85. The smallest absolute Gasteiger partial charge is 0.356 e. The second kappa shape index (κ2) is 4.33. The van der Waals surface area contributed by atoms with E-state index in [2.05, 4.69) is 20.3 Å². The first-order valence-corrected chi connectivity index (χ1v) is 5.61. The minimum Gasteiger partial charge on any atom is -0.476 e. The Morgan fingerprint density at radius 3 is 2.71 bits per heavy atom. The molecule has 0 spiro atoms. The van der Waals surface area contributed by atoms with Gasteiger partial charge in [-0.2, -0.15) is 9.61 Å². The van der Waals surface area contributed by atoms with Crippen LogP contribution >= 0.6 is 0 Å². The van der Waals surface area contributed by atoms with Gasteiger partial charge in [-0.15, -0.1) is 10.2 Å². The standard InChI is InChI=1S/C10H7N7O4/c1-15-7(17(20)21)4-11-8(15)9-13-12-6-3-2-5(10(18)19)14-16(6)9/h2-4H,1H3,(H,18,19). The van der Waals surface area contributed by atoms with E-state index in [1.54, 1.807) is 0 Å². The van der Waals surface area contributed by atoms with Crippen LogP contribution in [0.5, 0.6) is 0 Å². The molecule has 3 aromatic rings. The summed E-state index contributed by atoms with van der Waals surface area (Å²) in [7, 11) is 1.45. The van der Waals surface area contributed by atoms with Crippen molar-refractivity contribution in [2.75, 3.05) is 0 Å². The average molecular weight is 289 g/mol. The van der Waals surface area contributed by atoms with Crippen LogP contribution in [-0.4, -0.2) is 45.4 Å². The van der Waals surface area contributed by atoms with Gasteiger partial charge in [0.25, 0.3) is 5.82 Å². The number of aromatic carboxylic acids is 1. The van der Waals surface area contributed by atoms with Gasteiger partial charge in [0.1, 0.15) is 6.20 Å². The van der Waals surface area contributed by atoms with Crippen LogP contribution < -0.4 is 0 Å². The maximum Gasteiger partial charge on any atom is 0.356 e. The van der Waals surface area contributed by atoms with Gasteiger partial charge in [-0.05, 0) is 17.1 Å². The molecule has 0 bridgehead atoms. The lowest BCUT2D eigenvalue weighted by Gasteiger charge is -1.98. The van der Waals surface area contributed by atoms with Gasteiger partial charge in [-0.1, -0.05) is 0 Å². The predicted octanol–water partition coefficient (Wildman–Crippen LogP) is 0.131. The summed E-state index contributed by atoms with van der Waals surface area (Å²) in [6, 6.07) is 2.72. The third kappa shape index (κ3) is 1.87. The molecule has 0 radical (unpaired) electrons. The van der Waals surface area contributed by atoms with Crippen molar-refractivity contribution in [1.82, 2.24) is 29.4 Å². The summed E-state index contributed by atoms with van der Waals surface area (Å²) in [5.74, 6) is -1.16. The van der Waals surface area contributed by atoms with Crippen molar-refractivity contribution < 1.29 is 14.8 Å². The number of carboxylic acids is 1. The molecule has 3 rings (SSSR count). The summed E-state index contributed by atoms with van der Waals surface area (Å²) in [6.45, 7) is 0. The van der Waals surface area contributed by atoms with Gasteiger partial charge >= 0.3 is 11.8 Å². The number of rotatable bonds is 3. The Morgan fingerprint density at radius 2 is 2.10 bits per heavy atom. The van der Waals surface area contributed by atoms with Gasteiger partial charge in [-0.25, -0.2) is 14.3 Å². The summed E-state index contributed by atoms with van der Waals surface area (Å²) in [5, 5.41) is 31.3. The van der Waals surface area contributed by atoms with Gasteiger partial charge in [0.2, 0.25) is 5.82 Å². The third-order valence-corrected chi connectivity index (χ3v) is 2.83. The highest BCUT2D eigenvalue weighted by Crippen LogP contribution is 2.20. The molecule has 0 aliphatic heterocycles. The Balaban J connectivity index is 2.23. The van der Waals surface area contributed by atoms with Crippen molar-refractivity contribution in [2.45, 2.75) is 0 Å². The fraction of sp³-hybridized carbons (Fsp3) is 0.100. The number of carbonyl (C=O) groups is 1. The number of hydrogen-bond acceptors (Lipinski definition) is 7. The second-order valence-electron chi connectivity index (χ2n) is 4.07. The van der Waals surface area contributed by atoms with Crippen LogP contribution in [0.15, 0.2) is 18.3 Å². The molecule has 0 saturated heterocycles. The molecule has 0 unspecified atom stereocenters. The number of imidazole rings is 1. The van der Waals surface area contributed by atoms with E-state index in [-0.39, 0.29) is 23.2 Å². The Kier molecular flexibility index (Phi) is 2.61. The van der Waals surface area contributed by atoms with E-state index in [0.717, 1.165) is 6.20 Å². The third-order valence-electron chi connectivity index (χ3n) is 2.83. The first-order chi connectivity index (χ1) is 9.99. The van der Waals surface area contributed by atoms with Crippen LogP contribution in [-0.2, 0) is 7.05 Å². The fourth-order valence-corrected chi connectivity index (χ4v) is 1.82. The monoisotopic (exact) mass is 289 g/mol. The predicted molar refractivity (Wildman–Crippen MR) is 66.6 cm³/mol. The highest BCUT2D eigenvalue weighted by atomic mass is 16.6. The highest BCUT2D eigenvalue weighted by Gasteiger charge is 2.23. The number of carboxylic acid groups (broad SMARTS) is 1. The molecule has 0 saturated carbocycles. The van der Waals surface area contributed by atoms with Gasteiger partial charge in [0.15, 0.2) is 11.3 Å². The van der Waals surface area contributed by atoms with Gasteiger partial charge in [0, 0.05) is 0 Å². The number of hydrogen-bond donors (Lipinski definition) is 1. The van der Waals surface area contributed by atoms with E-state index in [9.17, 15) is 14.9 Å². The molecule has 0 amide bonds. The van der Waals surface area contributed by atoms with Crippen LogP contribution in [0.3, 0.4) is 0 Å². The molecule has 0 atom stereocenters. The van der Waals surface area contributed by atoms with Gasteiger partial charge in [-0.3, -0.25) is 0 Å². The van der Waals surface area contributed by atoms with Crippen molar-refractivity contribution in [3.8, 4) is 11.6 Å². The van der Waals surface area contributed by atoms with E-state index in [4.69, 9.17) is 5.11 Å². The van der Waals surface area contributed by atoms with E-state index >= 15 is 0 Å². The minimum absolute atomic E-state index is 0.115. The molecule has 3 heterocycles. The van der Waals surface area contributed by atoms with Crippen molar-refractivity contribution >= 4 is 17.4 Å². The summed E-state index contributed by atoms with van der Waals surface area (Å²) in [4.78, 5) is 25.1. The van der Waals surface area contributed by atoms with Crippen LogP contribution in [0.25, 0.3) is 17.3 Å². The molecule has 3 aromatic heterocycles. The zero-order valence-corrected chi connectivity index (χ0v) is 10.5. The Morgan fingerprint density at radius 1 is 1.33 bits per heavy atom. The molecular weight excluding hydrogens is 282 g/mol. The summed E-state index contributed by atoms with van der Waals surface area (Å²) in [5.41, 5.74) is 0.105. The number of nitro groups is 1. The molecule has 0 aromatic carbocycles. The topological polar surface area (TPSA) is 141 Å². The van der Waals surface area contributed by atoms with E-state index in [1.807, 2.05) is 0 Å². The van der Waals surface area contributed by atoms with E-state index in [1.165, 1.54) is 28.3 Å². The summed E-state index contributed by atoms with van der Waals surface area (Å²) >= 11 is 0.